The summed E-state index contributed by atoms with van der Waals surface area (Å²) in [5.74, 6) is -0.238. The van der Waals surface area contributed by atoms with Crippen LogP contribution in [0.15, 0.2) is 36.7 Å². The van der Waals surface area contributed by atoms with Crippen molar-refractivity contribution in [1.29, 1.82) is 5.41 Å². The Labute approximate surface area is 138 Å². The summed E-state index contributed by atoms with van der Waals surface area (Å²) in [6.45, 7) is 0.0435. The van der Waals surface area contributed by atoms with Gasteiger partial charge in [-0.25, -0.2) is 0 Å². The molecule has 0 aliphatic heterocycles. The maximum Gasteiger partial charge on any atom is 0.257 e. The molecule has 0 saturated heterocycles. The maximum absolute atomic E-state index is 12.0. The average Bonchev–Trinajstić information content (AvgIpc) is 3.12. The van der Waals surface area contributed by atoms with Crippen LogP contribution in [-0.2, 0) is 11.3 Å². The van der Waals surface area contributed by atoms with Crippen molar-refractivity contribution in [2.45, 2.75) is 6.54 Å². The lowest BCUT2D eigenvalue weighted by atomic mass is 10.1. The van der Waals surface area contributed by atoms with Crippen LogP contribution in [0.3, 0.4) is 0 Å². The first-order valence-electron chi connectivity index (χ1n) is 7.23. The lowest BCUT2D eigenvalue weighted by Crippen LogP contribution is -2.26. The van der Waals surface area contributed by atoms with E-state index in [1.165, 1.54) is 7.05 Å². The van der Waals surface area contributed by atoms with Gasteiger partial charge in [0.25, 0.3) is 11.8 Å². The predicted octanol–water partition coefficient (Wildman–Crippen LogP) is 0.354. The summed E-state index contributed by atoms with van der Waals surface area (Å²) in [5.41, 5.74) is 7.14. The number of hydrogen-bond acceptors (Lipinski definition) is 4. The van der Waals surface area contributed by atoms with E-state index in [4.69, 9.17) is 15.9 Å². The zero-order valence-electron chi connectivity index (χ0n) is 13.2. The molecule has 0 atom stereocenters. The fourth-order valence-corrected chi connectivity index (χ4v) is 1.96. The van der Waals surface area contributed by atoms with Gasteiger partial charge in [-0.1, -0.05) is 12.1 Å². The first-order chi connectivity index (χ1) is 11.5. The van der Waals surface area contributed by atoms with Crippen LogP contribution in [0.5, 0.6) is 5.75 Å². The molecule has 8 nitrogen and oxygen atoms in total. The number of nitrogens with one attached hydrogen (secondary N) is 4. The Morgan fingerprint density at radius 2 is 2.08 bits per heavy atom. The molecule has 1 heterocycles. The number of ether oxygens (including phenoxy) is 1. The Hall–Kier alpha value is -3.29. The molecule has 6 N–H and O–H groups in total. The minimum Gasteiger partial charge on any atom is -0.483 e. The number of nitrogens with two attached hydrogens (primary N) is 1. The lowest BCUT2D eigenvalue weighted by molar-refractivity contribution is -0.122. The van der Waals surface area contributed by atoms with Crippen LogP contribution in [0.1, 0.15) is 21.5 Å². The highest BCUT2D eigenvalue weighted by molar-refractivity contribution is 5.95. The second-order valence-electron chi connectivity index (χ2n) is 4.98. The molecule has 2 aromatic rings. The number of likely N-dealkylation sites (N-methyl/N-ethyl adjacent to an activating group) is 1. The fourth-order valence-electron chi connectivity index (χ4n) is 1.96. The minimum atomic E-state index is -0.287. The first-order valence-corrected chi connectivity index (χ1v) is 7.23. The molecule has 1 aromatic carbocycles. The smallest absolute Gasteiger partial charge is 0.257 e. The van der Waals surface area contributed by atoms with Gasteiger partial charge in [0.2, 0.25) is 0 Å². The topological polar surface area (TPSA) is 133 Å². The number of benzene rings is 1. The van der Waals surface area contributed by atoms with Crippen LogP contribution >= 0.6 is 0 Å². The summed E-state index contributed by atoms with van der Waals surface area (Å²) >= 11 is 0. The van der Waals surface area contributed by atoms with Gasteiger partial charge < -0.3 is 26.1 Å². The number of hydrogen-bond donors (Lipinski definition) is 5. The molecule has 1 aromatic heterocycles. The van der Waals surface area contributed by atoms with Gasteiger partial charge in [0.15, 0.2) is 6.61 Å². The fraction of sp³-hybridized carbons (Fsp3) is 0.188. The van der Waals surface area contributed by atoms with Crippen LogP contribution in [-0.4, -0.2) is 36.3 Å². The van der Waals surface area contributed by atoms with Gasteiger partial charge >= 0.3 is 0 Å². The summed E-state index contributed by atoms with van der Waals surface area (Å²) in [5, 5.41) is 12.7. The zero-order chi connectivity index (χ0) is 17.5. The lowest BCUT2D eigenvalue weighted by Gasteiger charge is -2.13. The van der Waals surface area contributed by atoms with E-state index in [9.17, 15) is 9.59 Å². The number of aromatic nitrogens is 1. The van der Waals surface area contributed by atoms with Crippen LogP contribution in [0.2, 0.25) is 0 Å². The monoisotopic (exact) mass is 329 g/mol. The van der Waals surface area contributed by atoms with E-state index in [2.05, 4.69) is 15.6 Å². The number of carbonyl (C=O) groups excluding carboxylic acids is 2. The van der Waals surface area contributed by atoms with Gasteiger partial charge in [-0.15, -0.1) is 0 Å². The number of carbonyl (C=O) groups is 2. The van der Waals surface area contributed by atoms with Gasteiger partial charge in [0, 0.05) is 37.1 Å². The standard InChI is InChI=1S/C16H19N5O3/c1-19-14(22)9-24-13-6-10(15(17)18)2-3-11(13)8-21-16(23)12-4-5-20-7-12/h2-7,20H,8-9H2,1H3,(H3,17,18)(H,19,22)(H,21,23). The third-order valence-corrected chi connectivity index (χ3v) is 3.32. The highest BCUT2D eigenvalue weighted by Gasteiger charge is 2.11. The van der Waals surface area contributed by atoms with Crippen molar-refractivity contribution in [3.8, 4) is 5.75 Å². The quantitative estimate of drug-likeness (QED) is 0.370. The minimum absolute atomic E-state index is 0.109. The molecule has 24 heavy (non-hydrogen) atoms. The molecule has 126 valence electrons. The number of amides is 2. The molecule has 0 aliphatic carbocycles. The number of nitrogen functional groups attached to an aromatic ring is 1. The van der Waals surface area contributed by atoms with E-state index < -0.39 is 0 Å². The van der Waals surface area contributed by atoms with Crippen LogP contribution < -0.4 is 21.1 Å². The van der Waals surface area contributed by atoms with Crippen molar-refractivity contribution in [1.82, 2.24) is 15.6 Å². The molecule has 0 radical (unpaired) electrons. The van der Waals surface area contributed by atoms with E-state index in [0.717, 1.165) is 0 Å². The van der Waals surface area contributed by atoms with Crippen molar-refractivity contribution in [2.75, 3.05) is 13.7 Å². The molecule has 8 heteroatoms. The van der Waals surface area contributed by atoms with Gasteiger partial charge in [-0.3, -0.25) is 15.0 Å². The number of amidine groups is 1. The zero-order valence-corrected chi connectivity index (χ0v) is 13.2. The van der Waals surface area contributed by atoms with E-state index in [1.807, 2.05) is 0 Å². The first kappa shape index (κ1) is 17.1. The largest absolute Gasteiger partial charge is 0.483 e. The van der Waals surface area contributed by atoms with E-state index in [0.29, 0.717) is 22.4 Å². The third kappa shape index (κ3) is 4.35. The second kappa shape index (κ2) is 7.82. The average molecular weight is 329 g/mol. The van der Waals surface area contributed by atoms with Crippen LogP contribution in [0.25, 0.3) is 0 Å². The molecule has 2 rings (SSSR count). The summed E-state index contributed by atoms with van der Waals surface area (Å²) in [6.07, 6.45) is 3.26. The Morgan fingerprint density at radius 1 is 1.29 bits per heavy atom. The summed E-state index contributed by atoms with van der Waals surface area (Å²) < 4.78 is 5.48. The van der Waals surface area contributed by atoms with Crippen molar-refractivity contribution >= 4 is 17.6 Å². The van der Waals surface area contributed by atoms with Crippen LogP contribution in [0.4, 0.5) is 0 Å². The molecular formula is C16H19N5O3. The molecule has 0 bridgehead atoms. The predicted molar refractivity (Wildman–Crippen MR) is 89.0 cm³/mol. The van der Waals surface area contributed by atoms with E-state index >= 15 is 0 Å². The molecular weight excluding hydrogens is 310 g/mol. The summed E-state index contributed by atoms with van der Waals surface area (Å²) in [6, 6.07) is 6.60. The molecule has 0 aliphatic rings. The van der Waals surface area contributed by atoms with Gasteiger partial charge in [-0.05, 0) is 12.1 Å². The maximum atomic E-state index is 12.0. The normalized spacial score (nSPS) is 10.0. The third-order valence-electron chi connectivity index (χ3n) is 3.32. The van der Waals surface area contributed by atoms with Crippen molar-refractivity contribution in [2.24, 2.45) is 5.73 Å². The van der Waals surface area contributed by atoms with Crippen molar-refractivity contribution in [3.63, 3.8) is 0 Å². The van der Waals surface area contributed by atoms with Crippen LogP contribution in [0, 0.1) is 5.41 Å². The SMILES string of the molecule is CNC(=O)COc1cc(C(=N)N)ccc1CNC(=O)c1cc[nH]c1. The summed E-state index contributed by atoms with van der Waals surface area (Å²) in [7, 11) is 1.51. The second-order valence-corrected chi connectivity index (χ2v) is 4.98. The Morgan fingerprint density at radius 3 is 2.71 bits per heavy atom. The Kier molecular flexibility index (Phi) is 5.56. The van der Waals surface area contributed by atoms with E-state index in [-0.39, 0.29) is 30.8 Å². The number of rotatable bonds is 7. The molecule has 0 saturated carbocycles. The Balaban J connectivity index is 2.13. The summed E-state index contributed by atoms with van der Waals surface area (Å²) in [4.78, 5) is 26.2. The van der Waals surface area contributed by atoms with E-state index in [1.54, 1.807) is 36.7 Å². The highest BCUT2D eigenvalue weighted by atomic mass is 16.5. The van der Waals surface area contributed by atoms with Gasteiger partial charge in [0.05, 0.1) is 5.56 Å². The number of H-pyrrole nitrogens is 1. The Bertz CT molecular complexity index is 740. The molecule has 0 unspecified atom stereocenters. The van der Waals surface area contributed by atoms with Crippen molar-refractivity contribution in [3.05, 3.63) is 53.3 Å². The number of aromatic amines is 1. The van der Waals surface area contributed by atoms with Crippen molar-refractivity contribution < 1.29 is 14.3 Å². The molecule has 0 fully saturated rings. The highest BCUT2D eigenvalue weighted by Crippen LogP contribution is 2.20. The molecule has 2 amide bonds. The van der Waals surface area contributed by atoms with Gasteiger partial charge in [0.1, 0.15) is 11.6 Å². The van der Waals surface area contributed by atoms with Gasteiger partial charge in [-0.2, -0.15) is 0 Å². The molecule has 0 spiro atoms.